The minimum absolute atomic E-state index is 0.0350. The van der Waals surface area contributed by atoms with Crippen molar-refractivity contribution in [2.75, 3.05) is 6.54 Å². The van der Waals surface area contributed by atoms with E-state index in [1.165, 1.54) is 12.1 Å². The summed E-state index contributed by atoms with van der Waals surface area (Å²) in [6.07, 6.45) is 1.57. The number of hydrogen-bond donors (Lipinski definition) is 1. The number of halogens is 2. The average molecular weight is 295 g/mol. The van der Waals surface area contributed by atoms with Gasteiger partial charge in [0.05, 0.1) is 16.9 Å². The van der Waals surface area contributed by atoms with Crippen LogP contribution in [0, 0.1) is 5.82 Å². The standard InChI is InChI=1S/C15H16ClFN2O/c1-3-18-10(2)13-8-7-11(9-19-13)20-14-6-4-5-12(16)15(14)17/h4-10,18H,3H2,1-2H3. The maximum atomic E-state index is 13.7. The van der Waals surface area contributed by atoms with Crippen LogP contribution in [0.2, 0.25) is 5.02 Å². The highest BCUT2D eigenvalue weighted by atomic mass is 35.5. The number of aromatic nitrogens is 1. The van der Waals surface area contributed by atoms with Crippen LogP contribution < -0.4 is 10.1 Å². The third-order valence-corrected chi connectivity index (χ3v) is 3.15. The first-order chi connectivity index (χ1) is 9.61. The summed E-state index contributed by atoms with van der Waals surface area (Å²) in [5.74, 6) is -0.00958. The molecule has 1 atom stereocenters. The molecule has 1 aromatic heterocycles. The molecule has 1 unspecified atom stereocenters. The molecule has 1 heterocycles. The molecule has 106 valence electrons. The topological polar surface area (TPSA) is 34.1 Å². The van der Waals surface area contributed by atoms with Crippen LogP contribution in [0.4, 0.5) is 4.39 Å². The molecular weight excluding hydrogens is 279 g/mol. The van der Waals surface area contributed by atoms with E-state index >= 15 is 0 Å². The maximum absolute atomic E-state index is 13.7. The Morgan fingerprint density at radius 1 is 1.35 bits per heavy atom. The molecular formula is C15H16ClFN2O. The summed E-state index contributed by atoms with van der Waals surface area (Å²) >= 11 is 5.70. The van der Waals surface area contributed by atoms with Gasteiger partial charge >= 0.3 is 0 Å². The van der Waals surface area contributed by atoms with Crippen LogP contribution in [-0.4, -0.2) is 11.5 Å². The minimum Gasteiger partial charge on any atom is -0.453 e. The number of nitrogens with one attached hydrogen (secondary N) is 1. The maximum Gasteiger partial charge on any atom is 0.184 e. The van der Waals surface area contributed by atoms with Crippen molar-refractivity contribution in [3.8, 4) is 11.5 Å². The van der Waals surface area contributed by atoms with Gasteiger partial charge in [0.25, 0.3) is 0 Å². The minimum atomic E-state index is -0.570. The van der Waals surface area contributed by atoms with E-state index in [0.717, 1.165) is 12.2 Å². The number of benzene rings is 1. The smallest absolute Gasteiger partial charge is 0.184 e. The van der Waals surface area contributed by atoms with Gasteiger partial charge in [0.2, 0.25) is 0 Å². The van der Waals surface area contributed by atoms with Gasteiger partial charge in [0.15, 0.2) is 11.6 Å². The molecule has 3 nitrogen and oxygen atoms in total. The molecule has 0 bridgehead atoms. The van der Waals surface area contributed by atoms with Crippen molar-refractivity contribution in [3.05, 3.63) is 53.1 Å². The highest BCUT2D eigenvalue weighted by Gasteiger charge is 2.09. The molecule has 20 heavy (non-hydrogen) atoms. The van der Waals surface area contributed by atoms with E-state index in [2.05, 4.69) is 10.3 Å². The van der Waals surface area contributed by atoms with Crippen molar-refractivity contribution in [2.45, 2.75) is 19.9 Å². The zero-order chi connectivity index (χ0) is 14.5. The zero-order valence-corrected chi connectivity index (χ0v) is 12.1. The van der Waals surface area contributed by atoms with Gasteiger partial charge in [-0.3, -0.25) is 4.98 Å². The summed E-state index contributed by atoms with van der Waals surface area (Å²) in [5, 5.41) is 3.30. The van der Waals surface area contributed by atoms with Crippen molar-refractivity contribution in [3.63, 3.8) is 0 Å². The Labute approximate surface area is 122 Å². The largest absolute Gasteiger partial charge is 0.453 e. The molecule has 2 rings (SSSR count). The lowest BCUT2D eigenvalue weighted by Crippen LogP contribution is -2.18. The lowest BCUT2D eigenvalue weighted by molar-refractivity contribution is 0.439. The Hall–Kier alpha value is -1.65. The van der Waals surface area contributed by atoms with E-state index in [9.17, 15) is 4.39 Å². The Bertz CT molecular complexity index is 575. The Kier molecular flexibility index (Phi) is 4.93. The van der Waals surface area contributed by atoms with Crippen LogP contribution in [0.5, 0.6) is 11.5 Å². The lowest BCUT2D eigenvalue weighted by Gasteiger charge is -2.12. The fraction of sp³-hybridized carbons (Fsp3) is 0.267. The predicted molar refractivity (Wildman–Crippen MR) is 77.8 cm³/mol. The van der Waals surface area contributed by atoms with Crippen LogP contribution in [-0.2, 0) is 0 Å². The van der Waals surface area contributed by atoms with Gasteiger partial charge in [0, 0.05) is 6.04 Å². The van der Waals surface area contributed by atoms with E-state index in [0.29, 0.717) is 5.75 Å². The highest BCUT2D eigenvalue weighted by Crippen LogP contribution is 2.28. The first-order valence-electron chi connectivity index (χ1n) is 6.43. The second kappa shape index (κ2) is 6.68. The van der Waals surface area contributed by atoms with E-state index in [4.69, 9.17) is 16.3 Å². The number of rotatable bonds is 5. The molecule has 0 amide bonds. The number of pyridine rings is 1. The Morgan fingerprint density at radius 3 is 2.80 bits per heavy atom. The molecule has 0 aliphatic carbocycles. The van der Waals surface area contributed by atoms with Gasteiger partial charge in [-0.25, -0.2) is 4.39 Å². The molecule has 0 aliphatic heterocycles. The molecule has 0 aliphatic rings. The van der Waals surface area contributed by atoms with Gasteiger partial charge in [-0.15, -0.1) is 0 Å². The van der Waals surface area contributed by atoms with Crippen LogP contribution in [0.1, 0.15) is 25.6 Å². The van der Waals surface area contributed by atoms with Gasteiger partial charge in [-0.2, -0.15) is 0 Å². The third-order valence-electron chi connectivity index (χ3n) is 2.86. The van der Waals surface area contributed by atoms with Crippen molar-refractivity contribution >= 4 is 11.6 Å². The summed E-state index contributed by atoms with van der Waals surface area (Å²) in [4.78, 5) is 4.30. The van der Waals surface area contributed by atoms with Crippen molar-refractivity contribution in [2.24, 2.45) is 0 Å². The van der Waals surface area contributed by atoms with E-state index in [-0.39, 0.29) is 16.8 Å². The zero-order valence-electron chi connectivity index (χ0n) is 11.4. The second-order valence-electron chi connectivity index (χ2n) is 4.35. The summed E-state index contributed by atoms with van der Waals surface area (Å²) < 4.78 is 19.2. The van der Waals surface area contributed by atoms with E-state index in [1.807, 2.05) is 19.9 Å². The predicted octanol–water partition coefficient (Wildman–Crippen LogP) is 4.34. The van der Waals surface area contributed by atoms with Crippen molar-refractivity contribution < 1.29 is 9.13 Å². The molecule has 5 heteroatoms. The summed E-state index contributed by atoms with van der Waals surface area (Å²) in [5.41, 5.74) is 0.908. The molecule has 0 spiro atoms. The van der Waals surface area contributed by atoms with E-state index in [1.54, 1.807) is 18.3 Å². The molecule has 0 fully saturated rings. The van der Waals surface area contributed by atoms with Gasteiger partial charge in [-0.05, 0) is 37.7 Å². The van der Waals surface area contributed by atoms with Crippen molar-refractivity contribution in [1.82, 2.24) is 10.3 Å². The van der Waals surface area contributed by atoms with Gasteiger partial charge < -0.3 is 10.1 Å². The van der Waals surface area contributed by atoms with Crippen LogP contribution in [0.15, 0.2) is 36.5 Å². The molecule has 0 saturated heterocycles. The van der Waals surface area contributed by atoms with Crippen LogP contribution in [0.25, 0.3) is 0 Å². The Balaban J connectivity index is 2.13. The fourth-order valence-electron chi connectivity index (χ4n) is 1.81. The SMILES string of the molecule is CCNC(C)c1ccc(Oc2cccc(Cl)c2F)cn1. The molecule has 0 radical (unpaired) electrons. The third kappa shape index (κ3) is 3.46. The van der Waals surface area contributed by atoms with Gasteiger partial charge in [-0.1, -0.05) is 24.6 Å². The van der Waals surface area contributed by atoms with Crippen molar-refractivity contribution in [1.29, 1.82) is 0 Å². The monoisotopic (exact) mass is 294 g/mol. The van der Waals surface area contributed by atoms with Crippen LogP contribution >= 0.6 is 11.6 Å². The molecule has 2 aromatic rings. The molecule has 0 saturated carbocycles. The van der Waals surface area contributed by atoms with Crippen LogP contribution in [0.3, 0.4) is 0 Å². The molecule has 1 N–H and O–H groups in total. The normalized spacial score (nSPS) is 12.2. The number of hydrogen-bond acceptors (Lipinski definition) is 3. The fourth-order valence-corrected chi connectivity index (χ4v) is 1.97. The second-order valence-corrected chi connectivity index (χ2v) is 4.76. The first kappa shape index (κ1) is 14.8. The number of ether oxygens (including phenoxy) is 1. The highest BCUT2D eigenvalue weighted by molar-refractivity contribution is 6.30. The van der Waals surface area contributed by atoms with Gasteiger partial charge in [0.1, 0.15) is 5.75 Å². The lowest BCUT2D eigenvalue weighted by atomic mass is 10.2. The summed E-state index contributed by atoms with van der Waals surface area (Å²) in [6.45, 7) is 4.94. The summed E-state index contributed by atoms with van der Waals surface area (Å²) in [7, 11) is 0. The Morgan fingerprint density at radius 2 is 2.15 bits per heavy atom. The first-order valence-corrected chi connectivity index (χ1v) is 6.80. The average Bonchev–Trinajstić information content (AvgIpc) is 2.45. The molecule has 1 aromatic carbocycles. The quantitative estimate of drug-likeness (QED) is 0.891. The number of nitrogens with zero attached hydrogens (tertiary/aromatic N) is 1. The van der Waals surface area contributed by atoms with E-state index < -0.39 is 5.82 Å². The summed E-state index contributed by atoms with van der Waals surface area (Å²) in [6, 6.07) is 8.41.